The minimum atomic E-state index is -0.409. The van der Waals surface area contributed by atoms with Gasteiger partial charge in [0.05, 0.1) is 25.4 Å². The van der Waals surface area contributed by atoms with E-state index in [1.54, 1.807) is 25.3 Å². The van der Waals surface area contributed by atoms with Crippen LogP contribution < -0.4 is 10.6 Å². The summed E-state index contributed by atoms with van der Waals surface area (Å²) in [6.45, 7) is 3.98. The van der Waals surface area contributed by atoms with E-state index in [4.69, 9.17) is 4.42 Å². The largest absolute Gasteiger partial charge is 0.467 e. The second-order valence-corrected chi connectivity index (χ2v) is 5.34. The SMILES string of the molecule is CC(NCC(=O)N1CCCCC1)C(=O)NCc1ccco1. The third kappa shape index (κ3) is 4.90. The van der Waals surface area contributed by atoms with Crippen LogP contribution >= 0.6 is 0 Å². The van der Waals surface area contributed by atoms with Crippen molar-refractivity contribution in [2.75, 3.05) is 19.6 Å². The van der Waals surface area contributed by atoms with Crippen LogP contribution in [-0.4, -0.2) is 42.4 Å². The molecule has 6 heteroatoms. The monoisotopic (exact) mass is 293 g/mol. The maximum absolute atomic E-state index is 12.0. The van der Waals surface area contributed by atoms with Crippen LogP contribution in [0.25, 0.3) is 0 Å². The maximum atomic E-state index is 12.0. The van der Waals surface area contributed by atoms with Gasteiger partial charge < -0.3 is 14.6 Å². The number of piperidine rings is 1. The van der Waals surface area contributed by atoms with Crippen molar-refractivity contribution in [1.29, 1.82) is 0 Å². The average Bonchev–Trinajstić information content (AvgIpc) is 3.04. The Morgan fingerprint density at radius 1 is 1.33 bits per heavy atom. The molecule has 1 aromatic heterocycles. The van der Waals surface area contributed by atoms with E-state index in [-0.39, 0.29) is 18.4 Å². The summed E-state index contributed by atoms with van der Waals surface area (Å²) in [7, 11) is 0. The Morgan fingerprint density at radius 2 is 2.10 bits per heavy atom. The first-order chi connectivity index (χ1) is 10.2. The highest BCUT2D eigenvalue weighted by Gasteiger charge is 2.18. The summed E-state index contributed by atoms with van der Waals surface area (Å²) in [5, 5.41) is 5.74. The molecule has 0 aromatic carbocycles. The molecule has 1 fully saturated rings. The van der Waals surface area contributed by atoms with Gasteiger partial charge in [-0.15, -0.1) is 0 Å². The number of furan rings is 1. The summed E-state index contributed by atoms with van der Waals surface area (Å²) in [4.78, 5) is 25.7. The zero-order valence-corrected chi connectivity index (χ0v) is 12.4. The molecule has 2 heterocycles. The molecule has 116 valence electrons. The Balaban J connectivity index is 1.66. The number of rotatable bonds is 6. The summed E-state index contributed by atoms with van der Waals surface area (Å²) in [6.07, 6.45) is 4.92. The van der Waals surface area contributed by atoms with Crippen LogP contribution in [0.2, 0.25) is 0 Å². The second kappa shape index (κ2) is 7.83. The molecular formula is C15H23N3O3. The Bertz CT molecular complexity index is 453. The van der Waals surface area contributed by atoms with E-state index in [1.165, 1.54) is 6.42 Å². The molecule has 1 aliphatic rings. The maximum Gasteiger partial charge on any atom is 0.237 e. The number of amides is 2. The highest BCUT2D eigenvalue weighted by atomic mass is 16.3. The Kier molecular flexibility index (Phi) is 5.80. The van der Waals surface area contributed by atoms with Crippen molar-refractivity contribution in [2.45, 2.75) is 38.8 Å². The molecule has 0 radical (unpaired) electrons. The minimum absolute atomic E-state index is 0.0698. The van der Waals surface area contributed by atoms with Gasteiger partial charge in [0.15, 0.2) is 0 Å². The Labute approximate surface area is 124 Å². The van der Waals surface area contributed by atoms with E-state index < -0.39 is 6.04 Å². The zero-order chi connectivity index (χ0) is 15.1. The molecule has 2 rings (SSSR count). The van der Waals surface area contributed by atoms with Gasteiger partial charge >= 0.3 is 0 Å². The number of carbonyl (C=O) groups excluding carboxylic acids is 2. The van der Waals surface area contributed by atoms with Crippen LogP contribution in [0.1, 0.15) is 31.9 Å². The van der Waals surface area contributed by atoms with Crippen molar-refractivity contribution in [3.63, 3.8) is 0 Å². The predicted octanol–water partition coefficient (Wildman–Crippen LogP) is 0.886. The molecule has 1 aliphatic heterocycles. The third-order valence-corrected chi connectivity index (χ3v) is 3.68. The van der Waals surface area contributed by atoms with E-state index in [9.17, 15) is 9.59 Å². The summed E-state index contributed by atoms with van der Waals surface area (Å²) in [5.41, 5.74) is 0. The van der Waals surface area contributed by atoms with Gasteiger partial charge in [0.1, 0.15) is 5.76 Å². The zero-order valence-electron chi connectivity index (χ0n) is 12.4. The van der Waals surface area contributed by atoms with Crippen LogP contribution in [0.4, 0.5) is 0 Å². The van der Waals surface area contributed by atoms with Crippen LogP contribution in [0, 0.1) is 0 Å². The van der Waals surface area contributed by atoms with Gasteiger partial charge in [-0.25, -0.2) is 0 Å². The molecule has 1 aromatic rings. The molecule has 1 unspecified atom stereocenters. The lowest BCUT2D eigenvalue weighted by atomic mass is 10.1. The molecule has 0 aliphatic carbocycles. The van der Waals surface area contributed by atoms with E-state index >= 15 is 0 Å². The molecule has 1 atom stereocenters. The average molecular weight is 293 g/mol. The highest BCUT2D eigenvalue weighted by Crippen LogP contribution is 2.08. The first kappa shape index (κ1) is 15.6. The fraction of sp³-hybridized carbons (Fsp3) is 0.600. The molecule has 21 heavy (non-hydrogen) atoms. The van der Waals surface area contributed by atoms with Gasteiger partial charge in [-0.1, -0.05) is 0 Å². The van der Waals surface area contributed by atoms with Gasteiger partial charge in [0.2, 0.25) is 11.8 Å². The third-order valence-electron chi connectivity index (χ3n) is 3.68. The Morgan fingerprint density at radius 3 is 2.76 bits per heavy atom. The molecular weight excluding hydrogens is 270 g/mol. The molecule has 2 amide bonds. The van der Waals surface area contributed by atoms with Gasteiger partial charge in [-0.05, 0) is 38.3 Å². The number of nitrogens with one attached hydrogen (secondary N) is 2. The Hall–Kier alpha value is -1.82. The molecule has 2 N–H and O–H groups in total. The van der Waals surface area contributed by atoms with Gasteiger partial charge in [-0.2, -0.15) is 0 Å². The van der Waals surface area contributed by atoms with Gasteiger partial charge in [-0.3, -0.25) is 14.9 Å². The minimum Gasteiger partial charge on any atom is -0.467 e. The van der Waals surface area contributed by atoms with E-state index in [1.807, 2.05) is 4.90 Å². The second-order valence-electron chi connectivity index (χ2n) is 5.34. The fourth-order valence-electron chi connectivity index (χ4n) is 2.33. The summed E-state index contributed by atoms with van der Waals surface area (Å²) in [6, 6.07) is 3.17. The highest BCUT2D eigenvalue weighted by molar-refractivity contribution is 5.83. The van der Waals surface area contributed by atoms with Crippen molar-refractivity contribution in [3.8, 4) is 0 Å². The summed E-state index contributed by atoms with van der Waals surface area (Å²) >= 11 is 0. The molecule has 0 bridgehead atoms. The standard InChI is InChI=1S/C15H23N3O3/c1-12(15(20)17-10-13-6-5-9-21-13)16-11-14(19)18-7-3-2-4-8-18/h5-6,9,12,16H,2-4,7-8,10-11H2,1H3,(H,17,20). The van der Waals surface area contributed by atoms with E-state index in [2.05, 4.69) is 10.6 Å². The topological polar surface area (TPSA) is 74.6 Å². The van der Waals surface area contributed by atoms with Crippen molar-refractivity contribution >= 4 is 11.8 Å². The van der Waals surface area contributed by atoms with Crippen LogP contribution in [0.3, 0.4) is 0 Å². The number of nitrogens with zero attached hydrogens (tertiary/aromatic N) is 1. The lowest BCUT2D eigenvalue weighted by Crippen LogP contribution is -2.47. The van der Waals surface area contributed by atoms with E-state index in [0.717, 1.165) is 25.9 Å². The van der Waals surface area contributed by atoms with Crippen molar-refractivity contribution in [3.05, 3.63) is 24.2 Å². The van der Waals surface area contributed by atoms with Gasteiger partial charge in [0, 0.05) is 13.1 Å². The van der Waals surface area contributed by atoms with Crippen molar-refractivity contribution in [1.82, 2.24) is 15.5 Å². The molecule has 0 spiro atoms. The number of hydrogen-bond donors (Lipinski definition) is 2. The quantitative estimate of drug-likeness (QED) is 0.817. The van der Waals surface area contributed by atoms with Crippen LogP contribution in [0.15, 0.2) is 22.8 Å². The first-order valence-corrected chi connectivity index (χ1v) is 7.48. The molecule has 6 nitrogen and oxygen atoms in total. The summed E-state index contributed by atoms with van der Waals surface area (Å²) < 4.78 is 5.15. The van der Waals surface area contributed by atoms with Crippen LogP contribution in [0.5, 0.6) is 0 Å². The summed E-state index contributed by atoms with van der Waals surface area (Å²) in [5.74, 6) is 0.637. The fourth-order valence-corrected chi connectivity index (χ4v) is 2.33. The first-order valence-electron chi connectivity index (χ1n) is 7.48. The van der Waals surface area contributed by atoms with Crippen molar-refractivity contribution in [2.24, 2.45) is 0 Å². The van der Waals surface area contributed by atoms with Gasteiger partial charge in [0.25, 0.3) is 0 Å². The number of hydrogen-bond acceptors (Lipinski definition) is 4. The predicted molar refractivity (Wildman–Crippen MR) is 78.5 cm³/mol. The number of likely N-dealkylation sites (tertiary alicyclic amines) is 1. The van der Waals surface area contributed by atoms with E-state index in [0.29, 0.717) is 12.3 Å². The normalized spacial score (nSPS) is 16.5. The lowest BCUT2D eigenvalue weighted by molar-refractivity contribution is -0.131. The molecule has 1 saturated heterocycles. The smallest absolute Gasteiger partial charge is 0.237 e. The van der Waals surface area contributed by atoms with Crippen molar-refractivity contribution < 1.29 is 14.0 Å². The lowest BCUT2D eigenvalue weighted by Gasteiger charge is -2.27. The van der Waals surface area contributed by atoms with Crippen LogP contribution in [-0.2, 0) is 16.1 Å². The molecule has 0 saturated carbocycles. The number of carbonyl (C=O) groups is 2.